The van der Waals surface area contributed by atoms with E-state index in [4.69, 9.17) is 11.6 Å². The maximum atomic E-state index is 13.1. The highest BCUT2D eigenvalue weighted by atomic mass is 35.5. The highest BCUT2D eigenvalue weighted by Gasteiger charge is 2.32. The topological polar surface area (TPSA) is 20.3 Å². The molecule has 0 bridgehead atoms. The summed E-state index contributed by atoms with van der Waals surface area (Å²) in [6.45, 7) is 0.719. The number of rotatable bonds is 3. The molecule has 1 amide bonds. The van der Waals surface area contributed by atoms with Crippen molar-refractivity contribution in [2.75, 3.05) is 6.54 Å². The average Bonchev–Trinajstić information content (AvgIpc) is 3.14. The van der Waals surface area contributed by atoms with Gasteiger partial charge >= 0.3 is 0 Å². The first kappa shape index (κ1) is 16.4. The normalized spacial score (nSPS) is 16.5. The molecule has 0 radical (unpaired) electrons. The first-order valence-electron chi connectivity index (χ1n) is 8.38. The van der Waals surface area contributed by atoms with E-state index in [2.05, 4.69) is 18.2 Å². The second-order valence-corrected chi connectivity index (χ2v) is 7.66. The van der Waals surface area contributed by atoms with Crippen LogP contribution in [0.25, 0.3) is 0 Å². The van der Waals surface area contributed by atoms with E-state index in [0.717, 1.165) is 23.4 Å². The largest absolute Gasteiger partial charge is 0.331 e. The lowest BCUT2D eigenvalue weighted by Crippen LogP contribution is -2.41. The van der Waals surface area contributed by atoms with E-state index in [1.165, 1.54) is 11.1 Å². The number of nitrogens with zero attached hydrogens (tertiary/aromatic N) is 1. The molecule has 0 fully saturated rings. The van der Waals surface area contributed by atoms with Crippen LogP contribution in [-0.2, 0) is 17.6 Å². The van der Waals surface area contributed by atoms with Gasteiger partial charge in [0.25, 0.3) is 0 Å². The molecule has 0 saturated carbocycles. The Labute approximate surface area is 156 Å². The number of hydrogen-bond donors (Lipinski definition) is 0. The molecule has 2 nitrogen and oxygen atoms in total. The Morgan fingerprint density at radius 2 is 1.80 bits per heavy atom. The van der Waals surface area contributed by atoms with Crippen LogP contribution in [0.5, 0.6) is 0 Å². The fourth-order valence-electron chi connectivity index (χ4n) is 3.53. The van der Waals surface area contributed by atoms with E-state index in [-0.39, 0.29) is 11.9 Å². The van der Waals surface area contributed by atoms with Crippen LogP contribution in [0.2, 0.25) is 5.02 Å². The van der Waals surface area contributed by atoms with Crippen molar-refractivity contribution >= 4 is 28.8 Å². The van der Waals surface area contributed by atoms with Crippen LogP contribution in [0.1, 0.15) is 27.6 Å². The van der Waals surface area contributed by atoms with Gasteiger partial charge in [0.15, 0.2) is 0 Å². The van der Waals surface area contributed by atoms with Crippen molar-refractivity contribution in [2.45, 2.75) is 18.9 Å². The second kappa shape index (κ2) is 7.03. The molecule has 1 unspecified atom stereocenters. The van der Waals surface area contributed by atoms with Gasteiger partial charge < -0.3 is 4.90 Å². The van der Waals surface area contributed by atoms with E-state index >= 15 is 0 Å². The summed E-state index contributed by atoms with van der Waals surface area (Å²) in [5.74, 6) is 0.155. The van der Waals surface area contributed by atoms with Crippen LogP contribution in [0, 0.1) is 0 Å². The predicted molar refractivity (Wildman–Crippen MR) is 103 cm³/mol. The standard InChI is InChI=1S/C21H18ClNOS/c22-19-10-4-3-9-18(19)21-17-8-2-1-6-15(17)11-12-23(21)20(24)14-16-7-5-13-25-16/h1-10,13,21H,11-12,14H2. The minimum Gasteiger partial charge on any atom is -0.331 e. The van der Waals surface area contributed by atoms with Gasteiger partial charge in [-0.05, 0) is 40.6 Å². The lowest BCUT2D eigenvalue weighted by molar-refractivity contribution is -0.132. The van der Waals surface area contributed by atoms with E-state index < -0.39 is 0 Å². The highest BCUT2D eigenvalue weighted by molar-refractivity contribution is 7.10. The minimum absolute atomic E-state index is 0.119. The van der Waals surface area contributed by atoms with Crippen molar-refractivity contribution in [3.8, 4) is 0 Å². The number of carbonyl (C=O) groups excluding carboxylic acids is 1. The number of hydrogen-bond acceptors (Lipinski definition) is 2. The average molecular weight is 368 g/mol. The zero-order valence-electron chi connectivity index (χ0n) is 13.7. The molecule has 0 N–H and O–H groups in total. The lowest BCUT2D eigenvalue weighted by atomic mass is 9.88. The van der Waals surface area contributed by atoms with Crippen molar-refractivity contribution in [1.82, 2.24) is 4.90 Å². The van der Waals surface area contributed by atoms with Crippen molar-refractivity contribution < 1.29 is 4.79 Å². The van der Waals surface area contributed by atoms with Crippen molar-refractivity contribution in [3.05, 3.63) is 92.6 Å². The molecule has 0 saturated heterocycles. The van der Waals surface area contributed by atoms with Gasteiger partial charge in [0.2, 0.25) is 5.91 Å². The Balaban J connectivity index is 1.75. The Morgan fingerprint density at radius 1 is 1.04 bits per heavy atom. The third-order valence-electron chi connectivity index (χ3n) is 4.71. The highest BCUT2D eigenvalue weighted by Crippen LogP contribution is 2.38. The van der Waals surface area contributed by atoms with Crippen molar-refractivity contribution in [3.63, 3.8) is 0 Å². The number of amides is 1. The Hall–Kier alpha value is -2.10. The quantitative estimate of drug-likeness (QED) is 0.629. The molecule has 126 valence electrons. The molecule has 2 aromatic carbocycles. The SMILES string of the molecule is O=C(Cc1cccs1)N1CCc2ccccc2C1c1ccccc1Cl. The Bertz CT molecular complexity index is 890. The lowest BCUT2D eigenvalue weighted by Gasteiger charge is -2.38. The maximum absolute atomic E-state index is 13.1. The fraction of sp³-hybridized carbons (Fsp3) is 0.190. The maximum Gasteiger partial charge on any atom is 0.228 e. The summed E-state index contributed by atoms with van der Waals surface area (Å²) in [5.41, 5.74) is 3.48. The molecule has 2 heterocycles. The monoisotopic (exact) mass is 367 g/mol. The van der Waals surface area contributed by atoms with E-state index in [1.807, 2.05) is 52.7 Å². The predicted octanol–water partition coefficient (Wildman–Crippen LogP) is 5.12. The van der Waals surface area contributed by atoms with Gasteiger partial charge in [-0.25, -0.2) is 0 Å². The molecule has 0 aliphatic carbocycles. The number of halogens is 1. The first-order valence-corrected chi connectivity index (χ1v) is 9.64. The molecule has 1 atom stereocenters. The molecule has 25 heavy (non-hydrogen) atoms. The molecular formula is C21H18ClNOS. The minimum atomic E-state index is -0.119. The Morgan fingerprint density at radius 3 is 2.56 bits per heavy atom. The summed E-state index contributed by atoms with van der Waals surface area (Å²) in [4.78, 5) is 16.1. The van der Waals surface area contributed by atoms with Crippen molar-refractivity contribution in [1.29, 1.82) is 0 Å². The number of thiophene rings is 1. The summed E-state index contributed by atoms with van der Waals surface area (Å²) in [6, 6.07) is 20.1. The Kier molecular flexibility index (Phi) is 4.60. The molecule has 3 aromatic rings. The number of benzene rings is 2. The van der Waals surface area contributed by atoms with Crippen LogP contribution < -0.4 is 0 Å². The molecule has 1 aliphatic rings. The summed E-state index contributed by atoms with van der Waals surface area (Å²) >= 11 is 8.13. The zero-order chi connectivity index (χ0) is 17.2. The third-order valence-corrected chi connectivity index (χ3v) is 5.93. The second-order valence-electron chi connectivity index (χ2n) is 6.22. The number of fused-ring (bicyclic) bond motifs is 1. The summed E-state index contributed by atoms with van der Waals surface area (Å²) in [7, 11) is 0. The van der Waals surface area contributed by atoms with E-state index in [1.54, 1.807) is 11.3 Å². The van der Waals surface area contributed by atoms with Gasteiger partial charge in [0, 0.05) is 16.4 Å². The van der Waals surface area contributed by atoms with E-state index in [9.17, 15) is 4.79 Å². The van der Waals surface area contributed by atoms with Crippen LogP contribution in [-0.4, -0.2) is 17.4 Å². The van der Waals surface area contributed by atoms with Crippen LogP contribution in [0.3, 0.4) is 0 Å². The molecule has 4 rings (SSSR count). The summed E-state index contributed by atoms with van der Waals surface area (Å²) in [5, 5.41) is 2.72. The molecular weight excluding hydrogens is 350 g/mol. The zero-order valence-corrected chi connectivity index (χ0v) is 15.3. The molecule has 0 spiro atoms. The van der Waals surface area contributed by atoms with Gasteiger partial charge in [0.05, 0.1) is 12.5 Å². The van der Waals surface area contributed by atoms with E-state index in [0.29, 0.717) is 11.4 Å². The van der Waals surface area contributed by atoms with Crippen LogP contribution in [0.4, 0.5) is 0 Å². The van der Waals surface area contributed by atoms with Gasteiger partial charge in [-0.2, -0.15) is 0 Å². The third kappa shape index (κ3) is 3.22. The summed E-state index contributed by atoms with van der Waals surface area (Å²) in [6.07, 6.45) is 1.33. The molecule has 1 aliphatic heterocycles. The first-order chi connectivity index (χ1) is 12.2. The number of carbonyl (C=O) groups is 1. The fourth-order valence-corrected chi connectivity index (χ4v) is 4.47. The van der Waals surface area contributed by atoms with Gasteiger partial charge in [-0.15, -0.1) is 11.3 Å². The summed E-state index contributed by atoms with van der Waals surface area (Å²) < 4.78 is 0. The van der Waals surface area contributed by atoms with Gasteiger partial charge in [-0.3, -0.25) is 4.79 Å². The van der Waals surface area contributed by atoms with Crippen molar-refractivity contribution in [2.24, 2.45) is 0 Å². The van der Waals surface area contributed by atoms with Crippen LogP contribution in [0.15, 0.2) is 66.0 Å². The molecule has 4 heteroatoms. The molecule has 1 aromatic heterocycles. The van der Waals surface area contributed by atoms with Gasteiger partial charge in [-0.1, -0.05) is 60.1 Å². The van der Waals surface area contributed by atoms with Crippen LogP contribution >= 0.6 is 22.9 Å². The smallest absolute Gasteiger partial charge is 0.228 e. The van der Waals surface area contributed by atoms with Gasteiger partial charge in [0.1, 0.15) is 0 Å².